The minimum atomic E-state index is -0.0779. The van der Waals surface area contributed by atoms with Gasteiger partial charge in [0.25, 0.3) is 11.3 Å². The number of hydrogen-bond donors (Lipinski definition) is 0. The van der Waals surface area contributed by atoms with Gasteiger partial charge in [-0.15, -0.1) is 0 Å². The van der Waals surface area contributed by atoms with Gasteiger partial charge in [0.1, 0.15) is 12.1 Å². The molecule has 0 spiro atoms. The molecule has 0 N–H and O–H groups in total. The summed E-state index contributed by atoms with van der Waals surface area (Å²) in [7, 11) is 0. The van der Waals surface area contributed by atoms with E-state index in [4.69, 9.17) is 0 Å². The Hall–Kier alpha value is -2.77. The van der Waals surface area contributed by atoms with Crippen molar-refractivity contribution in [2.45, 2.75) is 46.6 Å². The molecule has 1 saturated heterocycles. The maximum absolute atomic E-state index is 12.2. The van der Waals surface area contributed by atoms with Crippen LogP contribution in [0.5, 0.6) is 0 Å². The normalized spacial score (nSPS) is 15.4. The van der Waals surface area contributed by atoms with Crippen molar-refractivity contribution in [3.05, 3.63) is 45.8 Å². The van der Waals surface area contributed by atoms with Gasteiger partial charge in [-0.05, 0) is 19.9 Å². The summed E-state index contributed by atoms with van der Waals surface area (Å²) in [6.07, 6.45) is 1.53. The Bertz CT molecular complexity index is 1050. The number of nitrogens with zero attached hydrogens (tertiary/aromatic N) is 7. The second kappa shape index (κ2) is 6.14. The number of fused-ring (bicyclic) bond motifs is 1. The monoisotopic (exact) mass is 367 g/mol. The molecule has 0 aromatic carbocycles. The van der Waals surface area contributed by atoms with E-state index in [2.05, 4.69) is 52.8 Å². The number of aryl methyl sites for hydroxylation is 1. The van der Waals surface area contributed by atoms with Crippen molar-refractivity contribution in [3.63, 3.8) is 0 Å². The first-order chi connectivity index (χ1) is 12.7. The molecular weight excluding hydrogens is 342 g/mol. The predicted octanol–water partition coefficient (Wildman–Crippen LogP) is 1.73. The molecule has 0 amide bonds. The zero-order valence-electron chi connectivity index (χ0n) is 16.5. The molecule has 142 valence electrons. The van der Waals surface area contributed by atoms with Crippen molar-refractivity contribution in [2.75, 3.05) is 18.0 Å². The lowest BCUT2D eigenvalue weighted by Gasteiger charge is -2.41. The summed E-state index contributed by atoms with van der Waals surface area (Å²) in [6.45, 7) is 12.7. The van der Waals surface area contributed by atoms with Gasteiger partial charge in [0, 0.05) is 41.7 Å². The SMILES string of the molecule is Cc1nc2ncnn2c(N2CC(Cn3nc(C(C)(C)C)ccc3=O)C2)c1C. The van der Waals surface area contributed by atoms with E-state index in [1.165, 1.54) is 6.33 Å². The number of aromatic nitrogens is 6. The molecule has 0 aliphatic carbocycles. The molecule has 0 radical (unpaired) electrons. The first-order valence-corrected chi connectivity index (χ1v) is 9.24. The smallest absolute Gasteiger partial charge is 0.266 e. The van der Waals surface area contributed by atoms with Gasteiger partial charge in [-0.2, -0.15) is 19.7 Å². The zero-order chi connectivity index (χ0) is 19.3. The Balaban J connectivity index is 1.54. The van der Waals surface area contributed by atoms with E-state index in [1.54, 1.807) is 15.3 Å². The van der Waals surface area contributed by atoms with Crippen LogP contribution in [0.15, 0.2) is 23.3 Å². The molecule has 4 rings (SSSR count). The van der Waals surface area contributed by atoms with Crippen LogP contribution in [-0.4, -0.2) is 42.5 Å². The fraction of sp³-hybridized carbons (Fsp3) is 0.526. The number of hydrogen-bond acceptors (Lipinski definition) is 6. The molecule has 3 aromatic rings. The van der Waals surface area contributed by atoms with Gasteiger partial charge in [0.2, 0.25) is 0 Å². The predicted molar refractivity (Wildman–Crippen MR) is 103 cm³/mol. The van der Waals surface area contributed by atoms with Crippen molar-refractivity contribution < 1.29 is 0 Å². The molecule has 0 saturated carbocycles. The van der Waals surface area contributed by atoms with Crippen LogP contribution < -0.4 is 10.5 Å². The maximum Gasteiger partial charge on any atom is 0.266 e. The van der Waals surface area contributed by atoms with Gasteiger partial charge >= 0.3 is 0 Å². The highest BCUT2D eigenvalue weighted by molar-refractivity contribution is 5.55. The van der Waals surface area contributed by atoms with Crippen molar-refractivity contribution in [2.24, 2.45) is 5.92 Å². The Labute approximate surface area is 157 Å². The van der Waals surface area contributed by atoms with E-state index >= 15 is 0 Å². The molecule has 1 aliphatic heterocycles. The lowest BCUT2D eigenvalue weighted by molar-refractivity contribution is 0.326. The molecule has 4 heterocycles. The summed E-state index contributed by atoms with van der Waals surface area (Å²) < 4.78 is 3.40. The summed E-state index contributed by atoms with van der Waals surface area (Å²) >= 11 is 0. The Morgan fingerprint density at radius 2 is 1.93 bits per heavy atom. The summed E-state index contributed by atoms with van der Waals surface area (Å²) in [5.74, 6) is 2.03. The van der Waals surface area contributed by atoms with Crippen molar-refractivity contribution in [1.29, 1.82) is 0 Å². The zero-order valence-corrected chi connectivity index (χ0v) is 16.5. The second-order valence-electron chi connectivity index (χ2n) is 8.38. The Kier molecular flexibility index (Phi) is 4.01. The van der Waals surface area contributed by atoms with Crippen molar-refractivity contribution in [3.8, 4) is 0 Å². The number of anilines is 1. The highest BCUT2D eigenvalue weighted by atomic mass is 16.1. The molecule has 1 fully saturated rings. The third kappa shape index (κ3) is 3.09. The van der Waals surface area contributed by atoms with E-state index < -0.39 is 0 Å². The van der Waals surface area contributed by atoms with Gasteiger partial charge < -0.3 is 4.90 Å². The standard InChI is InChI=1S/C19H25N7O/c1-12-13(2)22-18-20-11-21-26(18)17(12)24-8-14(9-24)10-25-16(27)7-6-15(23-25)19(3,4)5/h6-7,11,14H,8-10H2,1-5H3. The van der Waals surface area contributed by atoms with Crippen LogP contribution in [0.3, 0.4) is 0 Å². The topological polar surface area (TPSA) is 81.2 Å². The first-order valence-electron chi connectivity index (χ1n) is 9.24. The molecule has 27 heavy (non-hydrogen) atoms. The van der Waals surface area contributed by atoms with Crippen LogP contribution in [0, 0.1) is 19.8 Å². The lowest BCUT2D eigenvalue weighted by Crippen LogP contribution is -2.51. The Morgan fingerprint density at radius 3 is 2.63 bits per heavy atom. The molecule has 1 aliphatic rings. The fourth-order valence-electron chi connectivity index (χ4n) is 3.47. The van der Waals surface area contributed by atoms with Crippen LogP contribution in [0.1, 0.15) is 37.7 Å². The summed E-state index contributed by atoms with van der Waals surface area (Å²) in [4.78, 5) is 23.2. The third-order valence-corrected chi connectivity index (χ3v) is 5.20. The van der Waals surface area contributed by atoms with Crippen molar-refractivity contribution >= 4 is 11.6 Å². The third-order valence-electron chi connectivity index (χ3n) is 5.20. The molecule has 8 heteroatoms. The summed E-state index contributed by atoms with van der Waals surface area (Å²) in [5.41, 5.74) is 2.88. The fourth-order valence-corrected chi connectivity index (χ4v) is 3.47. The Morgan fingerprint density at radius 1 is 1.19 bits per heavy atom. The molecule has 0 atom stereocenters. The molecular formula is C19H25N7O. The average Bonchev–Trinajstić information content (AvgIpc) is 3.01. The van der Waals surface area contributed by atoms with E-state index in [0.717, 1.165) is 35.9 Å². The lowest BCUT2D eigenvalue weighted by atomic mass is 9.92. The van der Waals surface area contributed by atoms with Crippen LogP contribution in [0.2, 0.25) is 0 Å². The van der Waals surface area contributed by atoms with Gasteiger partial charge in [-0.25, -0.2) is 9.67 Å². The summed E-state index contributed by atoms with van der Waals surface area (Å²) in [6, 6.07) is 3.45. The van der Waals surface area contributed by atoms with Crippen LogP contribution in [-0.2, 0) is 12.0 Å². The average molecular weight is 367 g/mol. The second-order valence-corrected chi connectivity index (χ2v) is 8.38. The van der Waals surface area contributed by atoms with E-state index in [0.29, 0.717) is 18.2 Å². The highest BCUT2D eigenvalue weighted by Gasteiger charge is 2.31. The van der Waals surface area contributed by atoms with Crippen LogP contribution in [0.25, 0.3) is 5.78 Å². The molecule has 3 aromatic heterocycles. The highest BCUT2D eigenvalue weighted by Crippen LogP contribution is 2.29. The largest absolute Gasteiger partial charge is 0.355 e. The van der Waals surface area contributed by atoms with E-state index in [-0.39, 0.29) is 11.0 Å². The van der Waals surface area contributed by atoms with Gasteiger partial charge in [-0.3, -0.25) is 4.79 Å². The number of rotatable bonds is 3. The summed E-state index contributed by atoms with van der Waals surface area (Å²) in [5, 5.41) is 8.90. The maximum atomic E-state index is 12.2. The quantitative estimate of drug-likeness (QED) is 0.701. The van der Waals surface area contributed by atoms with Gasteiger partial charge in [0.05, 0.1) is 12.2 Å². The first kappa shape index (κ1) is 17.6. The van der Waals surface area contributed by atoms with Crippen LogP contribution in [0.4, 0.5) is 5.82 Å². The minimum absolute atomic E-state index is 0.0453. The van der Waals surface area contributed by atoms with Gasteiger partial charge in [0.15, 0.2) is 0 Å². The van der Waals surface area contributed by atoms with Crippen molar-refractivity contribution in [1.82, 2.24) is 29.4 Å². The molecule has 0 bridgehead atoms. The molecule has 0 unspecified atom stereocenters. The van der Waals surface area contributed by atoms with Gasteiger partial charge in [-0.1, -0.05) is 20.8 Å². The van der Waals surface area contributed by atoms with Crippen LogP contribution >= 0.6 is 0 Å². The van der Waals surface area contributed by atoms with E-state index in [1.807, 2.05) is 13.0 Å². The minimum Gasteiger partial charge on any atom is -0.355 e. The van der Waals surface area contributed by atoms with E-state index in [9.17, 15) is 4.79 Å². The molecule has 8 nitrogen and oxygen atoms in total.